The van der Waals surface area contributed by atoms with Crippen molar-refractivity contribution in [3.8, 4) is 11.5 Å². The van der Waals surface area contributed by atoms with E-state index < -0.39 is 5.54 Å². The molecule has 2 rings (SSSR count). The molecule has 1 unspecified atom stereocenters. The first kappa shape index (κ1) is 26.0. The predicted molar refractivity (Wildman–Crippen MR) is 127 cm³/mol. The van der Waals surface area contributed by atoms with Crippen molar-refractivity contribution in [1.82, 2.24) is 0 Å². The Morgan fingerprint density at radius 3 is 2.55 bits per heavy atom. The van der Waals surface area contributed by atoms with Gasteiger partial charge >= 0.3 is 0 Å². The molecule has 1 aliphatic rings. The second-order valence-corrected chi connectivity index (χ2v) is 9.65. The number of hydrogen-bond donors (Lipinski definition) is 1. The highest BCUT2D eigenvalue weighted by Gasteiger charge is 2.39. The van der Waals surface area contributed by atoms with Crippen molar-refractivity contribution >= 4 is 33.7 Å². The van der Waals surface area contributed by atoms with E-state index in [2.05, 4.69) is 18.8 Å². The van der Waals surface area contributed by atoms with E-state index in [1.54, 1.807) is 19.2 Å². The molecule has 31 heavy (non-hydrogen) atoms. The summed E-state index contributed by atoms with van der Waals surface area (Å²) in [7, 11) is 1.63. The molecule has 1 aliphatic heterocycles. The Balaban J connectivity index is 1.87. The number of rotatable bonds is 14. The van der Waals surface area contributed by atoms with Gasteiger partial charge in [-0.1, -0.05) is 31.7 Å². The first-order chi connectivity index (χ1) is 14.9. The number of ether oxygens (including phenoxy) is 4. The third kappa shape index (κ3) is 8.31. The number of para-hydroxylation sites is 1. The van der Waals surface area contributed by atoms with Gasteiger partial charge in [-0.05, 0) is 25.0 Å². The lowest BCUT2D eigenvalue weighted by Crippen LogP contribution is -2.31. The second kappa shape index (κ2) is 13.3. The summed E-state index contributed by atoms with van der Waals surface area (Å²) in [5.74, 6) is 2.19. The Labute approximate surface area is 193 Å². The van der Waals surface area contributed by atoms with Crippen LogP contribution in [0.2, 0.25) is 0 Å². The van der Waals surface area contributed by atoms with E-state index in [1.165, 1.54) is 23.5 Å². The summed E-state index contributed by atoms with van der Waals surface area (Å²) in [4.78, 5) is 17.3. The van der Waals surface area contributed by atoms with Gasteiger partial charge in [0.15, 0.2) is 11.5 Å². The van der Waals surface area contributed by atoms with Gasteiger partial charge in [0.05, 0.1) is 38.6 Å². The number of hydrogen-bond acceptors (Lipinski definition) is 9. The van der Waals surface area contributed by atoms with Gasteiger partial charge in [-0.3, -0.25) is 9.79 Å². The molecule has 0 saturated carbocycles. The van der Waals surface area contributed by atoms with Crippen molar-refractivity contribution in [2.45, 2.75) is 26.3 Å². The predicted octanol–water partition coefficient (Wildman–Crippen LogP) is 3.62. The van der Waals surface area contributed by atoms with Crippen LogP contribution in [-0.4, -0.2) is 79.1 Å². The average molecular weight is 472 g/mol. The van der Waals surface area contributed by atoms with Crippen LogP contribution >= 0.6 is 23.5 Å². The molecule has 0 aromatic heterocycles. The third-order valence-electron chi connectivity index (χ3n) is 4.34. The molecule has 0 aliphatic carbocycles. The van der Waals surface area contributed by atoms with E-state index in [9.17, 15) is 9.90 Å². The van der Waals surface area contributed by atoms with Crippen LogP contribution in [-0.2, 0) is 19.0 Å². The topological polar surface area (TPSA) is 86.6 Å². The summed E-state index contributed by atoms with van der Waals surface area (Å²) < 4.78 is 21.4. The zero-order valence-corrected chi connectivity index (χ0v) is 20.4. The van der Waals surface area contributed by atoms with Crippen LogP contribution in [0.3, 0.4) is 0 Å². The van der Waals surface area contributed by atoms with E-state index in [1.807, 2.05) is 13.0 Å². The number of carbonyl (C=O) groups is 1. The average Bonchev–Trinajstić information content (AvgIpc) is 3.15. The molecule has 1 aromatic carbocycles. The zero-order valence-electron chi connectivity index (χ0n) is 18.7. The van der Waals surface area contributed by atoms with E-state index >= 15 is 0 Å². The Kier molecular flexibility index (Phi) is 11.2. The summed E-state index contributed by atoms with van der Waals surface area (Å²) in [6, 6.07) is 5.30. The lowest BCUT2D eigenvalue weighted by Gasteiger charge is -2.17. The standard InChI is InChI=1S/C22H33NO6S2/c1-16(2)14-30-21(25)22(3)15-31-20(23-22)17-6-5-7-18(19(17)24)29-13-12-28-11-10-27-9-8-26-4/h5-7,16,24H,8-15H2,1-4H3. The maximum atomic E-state index is 12.6. The molecule has 174 valence electrons. The summed E-state index contributed by atoms with van der Waals surface area (Å²) in [5.41, 5.74) is -0.192. The fourth-order valence-corrected chi connectivity index (χ4v) is 4.83. The molecule has 1 aromatic rings. The number of methoxy groups -OCH3 is 1. The van der Waals surface area contributed by atoms with E-state index in [4.69, 9.17) is 18.9 Å². The number of phenolic OH excluding ortho intramolecular Hbond substituents is 1. The van der Waals surface area contributed by atoms with Crippen molar-refractivity contribution in [2.24, 2.45) is 10.9 Å². The van der Waals surface area contributed by atoms with Crippen LogP contribution in [0, 0.1) is 5.92 Å². The fourth-order valence-electron chi connectivity index (χ4n) is 2.62. The minimum Gasteiger partial charge on any atom is -0.504 e. The van der Waals surface area contributed by atoms with Gasteiger partial charge in [0.25, 0.3) is 0 Å². The minimum absolute atomic E-state index is 0.0307. The monoisotopic (exact) mass is 471 g/mol. The minimum atomic E-state index is -0.776. The Morgan fingerprint density at radius 1 is 1.19 bits per heavy atom. The Morgan fingerprint density at radius 2 is 1.87 bits per heavy atom. The normalized spacial score (nSPS) is 18.4. The lowest BCUT2D eigenvalue weighted by atomic mass is 10.1. The van der Waals surface area contributed by atoms with Gasteiger partial charge in [-0.15, -0.1) is 11.8 Å². The third-order valence-corrected chi connectivity index (χ3v) is 7.17. The number of benzene rings is 1. The summed E-state index contributed by atoms with van der Waals surface area (Å²) in [5, 5.41) is 11.4. The van der Waals surface area contributed by atoms with E-state index in [0.717, 1.165) is 5.75 Å². The maximum Gasteiger partial charge on any atom is 0.217 e. The SMILES string of the molecule is COCCOCCOCCOc1cccc(C2=NC(C)(C(=O)SCC(C)C)CS2)c1O. The molecular formula is C22H33NO6S2. The van der Waals surface area contributed by atoms with Crippen molar-refractivity contribution in [1.29, 1.82) is 0 Å². The highest BCUT2D eigenvalue weighted by Crippen LogP contribution is 2.39. The molecule has 0 radical (unpaired) electrons. The zero-order chi connectivity index (χ0) is 22.7. The van der Waals surface area contributed by atoms with Crippen LogP contribution in [0.5, 0.6) is 11.5 Å². The summed E-state index contributed by atoms with van der Waals surface area (Å²) in [6.45, 7) is 8.78. The van der Waals surface area contributed by atoms with Gasteiger partial charge in [-0.25, -0.2) is 0 Å². The molecule has 0 amide bonds. The molecule has 0 fully saturated rings. The summed E-state index contributed by atoms with van der Waals surface area (Å²) in [6.07, 6.45) is 0. The summed E-state index contributed by atoms with van der Waals surface area (Å²) >= 11 is 2.82. The molecule has 0 bridgehead atoms. The van der Waals surface area contributed by atoms with Crippen molar-refractivity contribution in [2.75, 3.05) is 58.3 Å². The van der Waals surface area contributed by atoms with Gasteiger partial charge in [-0.2, -0.15) is 0 Å². The van der Waals surface area contributed by atoms with Crippen molar-refractivity contribution in [3.63, 3.8) is 0 Å². The van der Waals surface area contributed by atoms with Gasteiger partial charge in [0, 0.05) is 18.6 Å². The highest BCUT2D eigenvalue weighted by atomic mass is 32.2. The van der Waals surface area contributed by atoms with Gasteiger partial charge in [0.2, 0.25) is 5.12 Å². The molecule has 1 atom stereocenters. The largest absolute Gasteiger partial charge is 0.504 e. The number of nitrogens with zero attached hydrogens (tertiary/aromatic N) is 1. The maximum absolute atomic E-state index is 12.6. The lowest BCUT2D eigenvalue weighted by molar-refractivity contribution is -0.114. The molecular weight excluding hydrogens is 438 g/mol. The van der Waals surface area contributed by atoms with Crippen LogP contribution in [0.1, 0.15) is 26.3 Å². The van der Waals surface area contributed by atoms with E-state index in [0.29, 0.717) is 67.7 Å². The van der Waals surface area contributed by atoms with Crippen molar-refractivity contribution in [3.05, 3.63) is 23.8 Å². The number of phenols is 1. The number of carbonyl (C=O) groups excluding carboxylic acids is 1. The first-order valence-electron chi connectivity index (χ1n) is 10.4. The van der Waals surface area contributed by atoms with Crippen LogP contribution in [0.15, 0.2) is 23.2 Å². The quantitative estimate of drug-likeness (QED) is 0.412. The number of aromatic hydroxyl groups is 1. The Hall–Kier alpha value is -1.26. The van der Waals surface area contributed by atoms with E-state index in [-0.39, 0.29) is 10.9 Å². The Bertz CT molecular complexity index is 743. The number of aliphatic imine (C=N–C) groups is 1. The first-order valence-corrected chi connectivity index (χ1v) is 12.3. The molecule has 0 saturated heterocycles. The van der Waals surface area contributed by atoms with Crippen LogP contribution < -0.4 is 4.74 Å². The van der Waals surface area contributed by atoms with Crippen LogP contribution in [0.25, 0.3) is 0 Å². The van der Waals surface area contributed by atoms with Crippen LogP contribution in [0.4, 0.5) is 0 Å². The molecule has 9 heteroatoms. The number of thioether (sulfide) groups is 2. The fraction of sp³-hybridized carbons (Fsp3) is 0.636. The molecule has 1 N–H and O–H groups in total. The molecule has 1 heterocycles. The molecule has 0 spiro atoms. The van der Waals surface area contributed by atoms with Gasteiger partial charge < -0.3 is 24.1 Å². The second-order valence-electron chi connectivity index (χ2n) is 7.69. The smallest absolute Gasteiger partial charge is 0.217 e. The van der Waals surface area contributed by atoms with Gasteiger partial charge in [0.1, 0.15) is 17.2 Å². The van der Waals surface area contributed by atoms with Crippen molar-refractivity contribution < 1.29 is 28.8 Å². The highest BCUT2D eigenvalue weighted by molar-refractivity contribution is 8.16. The molecule has 7 nitrogen and oxygen atoms in total.